The number of nitrogens with one attached hydrogen (secondary N) is 1. The number of hydrogen-bond acceptors (Lipinski definition) is 5. The standard InChI is InChI=1S/C21H24FN3O3/c1-28-21(27)16-6-8-17(9-7-16)23-20(26)10-11-24-12-14-25(15-13-24)19-5-3-2-4-18(19)22/h2-9H,10-15H2,1H3,(H,23,26). The maximum absolute atomic E-state index is 13.9. The maximum Gasteiger partial charge on any atom is 0.337 e. The number of para-hydroxylation sites is 1. The third-order valence-corrected chi connectivity index (χ3v) is 4.81. The molecule has 2 aromatic rings. The fourth-order valence-electron chi connectivity index (χ4n) is 3.21. The second-order valence-electron chi connectivity index (χ2n) is 6.65. The van der Waals surface area contributed by atoms with Crippen LogP contribution in [0.2, 0.25) is 0 Å². The Morgan fingerprint density at radius 3 is 2.36 bits per heavy atom. The number of ether oxygens (including phenoxy) is 1. The van der Waals surface area contributed by atoms with Crippen molar-refractivity contribution in [3.8, 4) is 0 Å². The molecule has 1 N–H and O–H groups in total. The van der Waals surface area contributed by atoms with E-state index >= 15 is 0 Å². The van der Waals surface area contributed by atoms with Gasteiger partial charge in [0, 0.05) is 44.8 Å². The predicted octanol–water partition coefficient (Wildman–Crippen LogP) is 2.76. The fourth-order valence-corrected chi connectivity index (χ4v) is 3.21. The van der Waals surface area contributed by atoms with Crippen LogP contribution in [0.4, 0.5) is 15.8 Å². The van der Waals surface area contributed by atoms with Crippen molar-refractivity contribution >= 4 is 23.3 Å². The number of esters is 1. The first kappa shape index (κ1) is 19.8. The maximum atomic E-state index is 13.9. The zero-order chi connectivity index (χ0) is 19.9. The van der Waals surface area contributed by atoms with Crippen LogP contribution in [0.15, 0.2) is 48.5 Å². The van der Waals surface area contributed by atoms with Crippen LogP contribution in [0.5, 0.6) is 0 Å². The topological polar surface area (TPSA) is 61.9 Å². The van der Waals surface area contributed by atoms with Crippen LogP contribution in [0.25, 0.3) is 0 Å². The molecule has 0 spiro atoms. The zero-order valence-electron chi connectivity index (χ0n) is 15.9. The number of piperazine rings is 1. The number of carbonyl (C=O) groups is 2. The molecule has 0 atom stereocenters. The fraction of sp³-hybridized carbons (Fsp3) is 0.333. The van der Waals surface area contributed by atoms with Gasteiger partial charge in [0.1, 0.15) is 5.82 Å². The van der Waals surface area contributed by atoms with E-state index in [1.807, 2.05) is 11.0 Å². The van der Waals surface area contributed by atoms with E-state index in [1.165, 1.54) is 13.2 Å². The lowest BCUT2D eigenvalue weighted by Gasteiger charge is -2.36. The molecule has 1 heterocycles. The van der Waals surface area contributed by atoms with Gasteiger partial charge < -0.3 is 15.0 Å². The summed E-state index contributed by atoms with van der Waals surface area (Å²) in [6.07, 6.45) is 0.373. The van der Waals surface area contributed by atoms with Crippen molar-refractivity contribution < 1.29 is 18.7 Å². The van der Waals surface area contributed by atoms with Gasteiger partial charge >= 0.3 is 5.97 Å². The molecular formula is C21H24FN3O3. The molecule has 0 unspecified atom stereocenters. The van der Waals surface area contributed by atoms with Gasteiger partial charge in [-0.3, -0.25) is 9.69 Å². The summed E-state index contributed by atoms with van der Waals surface area (Å²) in [4.78, 5) is 27.8. The quantitative estimate of drug-likeness (QED) is 0.775. The first-order valence-electron chi connectivity index (χ1n) is 9.27. The molecule has 28 heavy (non-hydrogen) atoms. The second kappa shape index (κ2) is 9.32. The molecule has 6 nitrogen and oxygen atoms in total. The molecule has 1 fully saturated rings. The molecular weight excluding hydrogens is 361 g/mol. The summed E-state index contributed by atoms with van der Waals surface area (Å²) >= 11 is 0. The highest BCUT2D eigenvalue weighted by Crippen LogP contribution is 2.20. The SMILES string of the molecule is COC(=O)c1ccc(NC(=O)CCN2CCN(c3ccccc3F)CC2)cc1. The van der Waals surface area contributed by atoms with Crippen molar-refractivity contribution in [3.05, 3.63) is 59.9 Å². The van der Waals surface area contributed by atoms with Crippen LogP contribution >= 0.6 is 0 Å². The first-order valence-corrected chi connectivity index (χ1v) is 9.27. The summed E-state index contributed by atoms with van der Waals surface area (Å²) in [5, 5.41) is 2.83. The van der Waals surface area contributed by atoms with Crippen LogP contribution in [0.3, 0.4) is 0 Å². The van der Waals surface area contributed by atoms with Crippen molar-refractivity contribution in [1.82, 2.24) is 4.90 Å². The van der Waals surface area contributed by atoms with Crippen LogP contribution in [-0.4, -0.2) is 56.6 Å². The molecule has 1 aliphatic rings. The van der Waals surface area contributed by atoms with Gasteiger partial charge in [0.15, 0.2) is 0 Å². The van der Waals surface area contributed by atoms with Crippen LogP contribution in [0, 0.1) is 5.82 Å². The van der Waals surface area contributed by atoms with E-state index in [-0.39, 0.29) is 11.7 Å². The Balaban J connectivity index is 1.42. The van der Waals surface area contributed by atoms with Crippen LogP contribution in [0.1, 0.15) is 16.8 Å². The molecule has 7 heteroatoms. The second-order valence-corrected chi connectivity index (χ2v) is 6.65. The van der Waals surface area contributed by atoms with E-state index in [2.05, 4.69) is 15.0 Å². The molecule has 0 saturated carbocycles. The normalized spacial score (nSPS) is 14.6. The Kier molecular flexibility index (Phi) is 6.60. The summed E-state index contributed by atoms with van der Waals surface area (Å²) in [7, 11) is 1.33. The van der Waals surface area contributed by atoms with E-state index in [0.29, 0.717) is 29.9 Å². The number of amides is 1. The van der Waals surface area contributed by atoms with E-state index in [0.717, 1.165) is 26.2 Å². The van der Waals surface area contributed by atoms with Crippen molar-refractivity contribution in [2.24, 2.45) is 0 Å². The molecule has 0 radical (unpaired) electrons. The molecule has 2 aromatic carbocycles. The highest BCUT2D eigenvalue weighted by Gasteiger charge is 2.19. The summed E-state index contributed by atoms with van der Waals surface area (Å²) in [6, 6.07) is 13.4. The van der Waals surface area contributed by atoms with Gasteiger partial charge in [-0.1, -0.05) is 12.1 Å². The van der Waals surface area contributed by atoms with Gasteiger partial charge in [-0.25, -0.2) is 9.18 Å². The minimum absolute atomic E-state index is 0.0812. The molecule has 148 valence electrons. The summed E-state index contributed by atoms with van der Waals surface area (Å²) in [5.74, 6) is -0.691. The minimum atomic E-state index is -0.410. The van der Waals surface area contributed by atoms with E-state index in [4.69, 9.17) is 0 Å². The molecule has 0 aromatic heterocycles. The van der Waals surface area contributed by atoms with Gasteiger partial charge in [0.25, 0.3) is 0 Å². The third kappa shape index (κ3) is 5.07. The smallest absolute Gasteiger partial charge is 0.337 e. The number of carbonyl (C=O) groups excluding carboxylic acids is 2. The number of methoxy groups -OCH3 is 1. The average molecular weight is 385 g/mol. The molecule has 3 rings (SSSR count). The van der Waals surface area contributed by atoms with Gasteiger partial charge in [-0.2, -0.15) is 0 Å². The summed E-state index contributed by atoms with van der Waals surface area (Å²) < 4.78 is 18.5. The van der Waals surface area contributed by atoms with Crippen molar-refractivity contribution in [2.75, 3.05) is 50.1 Å². The lowest BCUT2D eigenvalue weighted by atomic mass is 10.2. The average Bonchev–Trinajstić information content (AvgIpc) is 2.73. The Morgan fingerprint density at radius 2 is 1.71 bits per heavy atom. The lowest BCUT2D eigenvalue weighted by Crippen LogP contribution is -2.47. The number of benzene rings is 2. The molecule has 0 bridgehead atoms. The van der Waals surface area contributed by atoms with E-state index in [9.17, 15) is 14.0 Å². The van der Waals surface area contributed by atoms with Crippen LogP contribution < -0.4 is 10.2 Å². The van der Waals surface area contributed by atoms with Gasteiger partial charge in [0.05, 0.1) is 18.4 Å². The Hall–Kier alpha value is -2.93. The van der Waals surface area contributed by atoms with E-state index in [1.54, 1.807) is 36.4 Å². The zero-order valence-corrected chi connectivity index (χ0v) is 15.9. The highest BCUT2D eigenvalue weighted by molar-refractivity contribution is 5.93. The summed E-state index contributed by atoms with van der Waals surface area (Å²) in [6.45, 7) is 3.69. The molecule has 0 aliphatic carbocycles. The van der Waals surface area contributed by atoms with Crippen molar-refractivity contribution in [1.29, 1.82) is 0 Å². The van der Waals surface area contributed by atoms with Gasteiger partial charge in [-0.15, -0.1) is 0 Å². The Bertz CT molecular complexity index is 818. The number of rotatable bonds is 6. The van der Waals surface area contributed by atoms with Gasteiger partial charge in [0.2, 0.25) is 5.91 Å². The lowest BCUT2D eigenvalue weighted by molar-refractivity contribution is -0.116. The number of nitrogens with zero attached hydrogens (tertiary/aromatic N) is 2. The molecule has 1 aliphatic heterocycles. The highest BCUT2D eigenvalue weighted by atomic mass is 19.1. The molecule has 1 saturated heterocycles. The third-order valence-electron chi connectivity index (χ3n) is 4.81. The monoisotopic (exact) mass is 385 g/mol. The first-order chi connectivity index (χ1) is 13.6. The van der Waals surface area contributed by atoms with Crippen molar-refractivity contribution in [3.63, 3.8) is 0 Å². The van der Waals surface area contributed by atoms with Crippen LogP contribution in [-0.2, 0) is 9.53 Å². The largest absolute Gasteiger partial charge is 0.465 e. The van der Waals surface area contributed by atoms with Crippen molar-refractivity contribution in [2.45, 2.75) is 6.42 Å². The van der Waals surface area contributed by atoms with E-state index < -0.39 is 5.97 Å². The Labute approximate surface area is 163 Å². The summed E-state index contributed by atoms with van der Waals surface area (Å²) in [5.41, 5.74) is 1.71. The number of hydrogen-bond donors (Lipinski definition) is 1. The molecule has 1 amide bonds. The minimum Gasteiger partial charge on any atom is -0.465 e. The predicted molar refractivity (Wildman–Crippen MR) is 106 cm³/mol. The number of halogens is 1. The number of anilines is 2. The Morgan fingerprint density at radius 1 is 1.04 bits per heavy atom. The van der Waals surface area contributed by atoms with Gasteiger partial charge in [-0.05, 0) is 36.4 Å².